The molecule has 1 fully saturated rings. The lowest BCUT2D eigenvalue weighted by Gasteiger charge is -2.18. The number of ether oxygens (including phenoxy) is 1. The van der Waals surface area contributed by atoms with E-state index >= 15 is 0 Å². The molecule has 1 aromatic rings. The van der Waals surface area contributed by atoms with Crippen LogP contribution in [0.2, 0.25) is 0 Å². The van der Waals surface area contributed by atoms with Gasteiger partial charge in [0.1, 0.15) is 10.6 Å². The number of rotatable bonds is 6. The van der Waals surface area contributed by atoms with Gasteiger partial charge in [-0.15, -0.1) is 0 Å². The third kappa shape index (κ3) is 3.82. The first-order chi connectivity index (χ1) is 10.9. The number of nitrogens with two attached hydrogens (primary N) is 1. The second-order valence-corrected chi connectivity index (χ2v) is 7.51. The summed E-state index contributed by atoms with van der Waals surface area (Å²) in [5.41, 5.74) is 5.94. The zero-order valence-electron chi connectivity index (χ0n) is 13.4. The monoisotopic (exact) mass is 341 g/mol. The first-order valence-electron chi connectivity index (χ1n) is 7.59. The van der Waals surface area contributed by atoms with E-state index in [1.807, 2.05) is 0 Å². The standard InChI is InChI=1S/C15H23N3O4S/c1-11(10-16)15(19)17-12-5-6-14(13(9-12)22-2)23(20,21)18-7-3-4-8-18/h5-6,9,11H,3-4,7-8,10,16H2,1-2H3,(H,17,19). The van der Waals surface area contributed by atoms with Gasteiger partial charge in [0.05, 0.1) is 7.11 Å². The van der Waals surface area contributed by atoms with Crippen LogP contribution in [0.4, 0.5) is 5.69 Å². The molecule has 7 nitrogen and oxygen atoms in total. The van der Waals surface area contributed by atoms with Gasteiger partial charge in [0.2, 0.25) is 15.9 Å². The van der Waals surface area contributed by atoms with Crippen LogP contribution in [0, 0.1) is 5.92 Å². The number of nitrogens with one attached hydrogen (secondary N) is 1. The molecule has 128 valence electrons. The largest absolute Gasteiger partial charge is 0.495 e. The third-order valence-electron chi connectivity index (χ3n) is 3.92. The Hall–Kier alpha value is -1.64. The Bertz CT molecular complexity index is 669. The molecule has 1 atom stereocenters. The van der Waals surface area contributed by atoms with Gasteiger partial charge in [0.15, 0.2) is 0 Å². The topological polar surface area (TPSA) is 102 Å². The van der Waals surface area contributed by atoms with Gasteiger partial charge in [0.25, 0.3) is 0 Å². The van der Waals surface area contributed by atoms with Gasteiger partial charge in [-0.2, -0.15) is 4.31 Å². The van der Waals surface area contributed by atoms with Crippen LogP contribution in [-0.4, -0.2) is 45.4 Å². The molecule has 1 saturated heterocycles. The highest BCUT2D eigenvalue weighted by Gasteiger charge is 2.30. The molecule has 0 spiro atoms. The highest BCUT2D eigenvalue weighted by Crippen LogP contribution is 2.31. The van der Waals surface area contributed by atoms with Crippen LogP contribution >= 0.6 is 0 Å². The van der Waals surface area contributed by atoms with E-state index in [0.29, 0.717) is 18.8 Å². The minimum absolute atomic E-state index is 0.117. The van der Waals surface area contributed by atoms with Gasteiger partial charge in [-0.3, -0.25) is 4.79 Å². The van der Waals surface area contributed by atoms with E-state index in [-0.39, 0.29) is 29.0 Å². The van der Waals surface area contributed by atoms with E-state index in [4.69, 9.17) is 10.5 Å². The van der Waals surface area contributed by atoms with Crippen LogP contribution in [0.3, 0.4) is 0 Å². The molecule has 0 aliphatic carbocycles. The average molecular weight is 341 g/mol. The fourth-order valence-corrected chi connectivity index (χ4v) is 4.05. The molecule has 1 heterocycles. The summed E-state index contributed by atoms with van der Waals surface area (Å²) >= 11 is 0. The van der Waals surface area contributed by atoms with Crippen molar-refractivity contribution in [3.63, 3.8) is 0 Å². The van der Waals surface area contributed by atoms with Crippen LogP contribution < -0.4 is 15.8 Å². The molecule has 0 aromatic heterocycles. The highest BCUT2D eigenvalue weighted by molar-refractivity contribution is 7.89. The maximum atomic E-state index is 12.6. The second-order valence-electron chi connectivity index (χ2n) is 5.60. The van der Waals surface area contributed by atoms with Crippen molar-refractivity contribution < 1.29 is 17.9 Å². The Morgan fingerprint density at radius 2 is 2.04 bits per heavy atom. The number of anilines is 1. The minimum Gasteiger partial charge on any atom is -0.495 e. The van der Waals surface area contributed by atoms with E-state index < -0.39 is 10.0 Å². The summed E-state index contributed by atoms with van der Waals surface area (Å²) in [5.74, 6) is -0.325. The molecule has 3 N–H and O–H groups in total. The molecule has 1 amide bonds. The molecule has 8 heteroatoms. The van der Waals surface area contributed by atoms with Crippen molar-refractivity contribution in [2.75, 3.05) is 32.1 Å². The van der Waals surface area contributed by atoms with E-state index in [0.717, 1.165) is 12.8 Å². The lowest BCUT2D eigenvalue weighted by Crippen LogP contribution is -2.28. The first kappa shape index (κ1) is 17.7. The molecule has 1 aliphatic rings. The molecular formula is C15H23N3O4S. The summed E-state index contributed by atoms with van der Waals surface area (Å²) < 4.78 is 32.0. The summed E-state index contributed by atoms with van der Waals surface area (Å²) in [6, 6.07) is 4.55. The molecule has 0 radical (unpaired) electrons. The Morgan fingerprint density at radius 3 is 2.61 bits per heavy atom. The molecule has 1 aromatic carbocycles. The van der Waals surface area contributed by atoms with Crippen LogP contribution in [-0.2, 0) is 14.8 Å². The van der Waals surface area contributed by atoms with Crippen LogP contribution in [0.15, 0.2) is 23.1 Å². The summed E-state index contributed by atoms with van der Waals surface area (Å²) in [6.45, 7) is 3.01. The average Bonchev–Trinajstić information content (AvgIpc) is 3.08. The smallest absolute Gasteiger partial charge is 0.246 e. The van der Waals surface area contributed by atoms with Gasteiger partial charge in [-0.25, -0.2) is 8.42 Å². The second kappa shape index (κ2) is 7.29. The number of carbonyl (C=O) groups excluding carboxylic acids is 1. The minimum atomic E-state index is -3.57. The molecule has 1 unspecified atom stereocenters. The summed E-state index contributed by atoms with van der Waals surface area (Å²) in [6.07, 6.45) is 1.74. The molecule has 1 aliphatic heterocycles. The summed E-state index contributed by atoms with van der Waals surface area (Å²) in [7, 11) is -2.16. The number of carbonyl (C=O) groups is 1. The maximum Gasteiger partial charge on any atom is 0.246 e. The van der Waals surface area contributed by atoms with Gasteiger partial charge >= 0.3 is 0 Å². The lowest BCUT2D eigenvalue weighted by molar-refractivity contribution is -0.119. The van der Waals surface area contributed by atoms with Crippen molar-refractivity contribution in [1.29, 1.82) is 0 Å². The van der Waals surface area contributed by atoms with Crippen molar-refractivity contribution in [3.05, 3.63) is 18.2 Å². The number of nitrogens with zero attached hydrogens (tertiary/aromatic N) is 1. The number of benzene rings is 1. The molecule has 2 rings (SSSR count). The SMILES string of the molecule is COc1cc(NC(=O)C(C)CN)ccc1S(=O)(=O)N1CCCC1. The zero-order valence-corrected chi connectivity index (χ0v) is 14.2. The van der Waals surface area contributed by atoms with Crippen molar-refractivity contribution >= 4 is 21.6 Å². The van der Waals surface area contributed by atoms with Crippen molar-refractivity contribution in [3.8, 4) is 5.75 Å². The van der Waals surface area contributed by atoms with Crippen LogP contribution in [0.25, 0.3) is 0 Å². The Balaban J connectivity index is 2.28. The first-order valence-corrected chi connectivity index (χ1v) is 9.03. The Labute approximate surface area is 136 Å². The van der Waals surface area contributed by atoms with Crippen LogP contribution in [0.1, 0.15) is 19.8 Å². The van der Waals surface area contributed by atoms with Gasteiger partial charge in [0, 0.05) is 37.3 Å². The zero-order chi connectivity index (χ0) is 17.0. The fourth-order valence-electron chi connectivity index (χ4n) is 2.40. The molecular weight excluding hydrogens is 318 g/mol. The normalized spacial score (nSPS) is 17.0. The van der Waals surface area contributed by atoms with Gasteiger partial charge < -0.3 is 15.8 Å². The predicted molar refractivity (Wildman–Crippen MR) is 87.8 cm³/mol. The third-order valence-corrected chi connectivity index (χ3v) is 5.85. The molecule has 0 bridgehead atoms. The number of hydrogen-bond acceptors (Lipinski definition) is 5. The van der Waals surface area contributed by atoms with E-state index in [2.05, 4.69) is 5.32 Å². The van der Waals surface area contributed by atoms with E-state index in [1.165, 1.54) is 23.5 Å². The van der Waals surface area contributed by atoms with Gasteiger partial charge in [-0.05, 0) is 25.0 Å². The maximum absolute atomic E-state index is 12.6. The lowest BCUT2D eigenvalue weighted by atomic mass is 10.1. The Morgan fingerprint density at radius 1 is 1.39 bits per heavy atom. The Kier molecular flexibility index (Phi) is 5.61. The van der Waals surface area contributed by atoms with Crippen molar-refractivity contribution in [1.82, 2.24) is 4.31 Å². The van der Waals surface area contributed by atoms with E-state index in [1.54, 1.807) is 13.0 Å². The summed E-state index contributed by atoms with van der Waals surface area (Å²) in [4.78, 5) is 12.0. The van der Waals surface area contributed by atoms with Crippen molar-refractivity contribution in [2.24, 2.45) is 11.7 Å². The number of sulfonamides is 1. The predicted octanol–water partition coefficient (Wildman–Crippen LogP) is 1.01. The van der Waals surface area contributed by atoms with Crippen LogP contribution in [0.5, 0.6) is 5.75 Å². The fraction of sp³-hybridized carbons (Fsp3) is 0.533. The number of amides is 1. The van der Waals surface area contributed by atoms with E-state index in [9.17, 15) is 13.2 Å². The van der Waals surface area contributed by atoms with Crippen molar-refractivity contribution in [2.45, 2.75) is 24.7 Å². The highest BCUT2D eigenvalue weighted by atomic mass is 32.2. The number of methoxy groups -OCH3 is 1. The quantitative estimate of drug-likeness (QED) is 0.804. The molecule has 0 saturated carbocycles. The summed E-state index contributed by atoms with van der Waals surface area (Å²) in [5, 5.41) is 2.71. The number of hydrogen-bond donors (Lipinski definition) is 2. The van der Waals surface area contributed by atoms with Gasteiger partial charge in [-0.1, -0.05) is 6.92 Å². The molecule has 23 heavy (non-hydrogen) atoms.